The number of hydrogen-bond donors (Lipinski definition) is 1. The van der Waals surface area contributed by atoms with Crippen LogP contribution in [0.15, 0.2) is 48.5 Å². The molecule has 0 aliphatic carbocycles. The minimum atomic E-state index is -0.199. The summed E-state index contributed by atoms with van der Waals surface area (Å²) in [6, 6.07) is 14.8. The second kappa shape index (κ2) is 9.91. The molecule has 1 N–H and O–H groups in total. The number of rotatable bonds is 8. The number of amides is 2. The van der Waals surface area contributed by atoms with Crippen LogP contribution >= 0.6 is 0 Å². The summed E-state index contributed by atoms with van der Waals surface area (Å²) >= 11 is 0. The van der Waals surface area contributed by atoms with Crippen molar-refractivity contribution in [3.8, 4) is 0 Å². The predicted molar refractivity (Wildman–Crippen MR) is 111 cm³/mol. The highest BCUT2D eigenvalue weighted by molar-refractivity contribution is 6.06. The van der Waals surface area contributed by atoms with Crippen molar-refractivity contribution in [1.82, 2.24) is 4.90 Å². The number of carbonyl (C=O) groups excluding carboxylic acids is 2. The van der Waals surface area contributed by atoms with Crippen molar-refractivity contribution in [3.63, 3.8) is 0 Å². The Morgan fingerprint density at radius 2 is 1.56 bits per heavy atom. The summed E-state index contributed by atoms with van der Waals surface area (Å²) in [4.78, 5) is 27.4. The summed E-state index contributed by atoms with van der Waals surface area (Å²) in [6.07, 6.45) is 1.83. The van der Waals surface area contributed by atoms with Crippen molar-refractivity contribution < 1.29 is 9.59 Å². The molecule has 0 radical (unpaired) electrons. The molecule has 0 fully saturated rings. The lowest BCUT2D eigenvalue weighted by atomic mass is 10.0. The first-order chi connectivity index (χ1) is 13.0. The molecular formula is C23H30N2O2. The molecule has 0 atom stereocenters. The van der Waals surface area contributed by atoms with Gasteiger partial charge in [-0.2, -0.15) is 0 Å². The van der Waals surface area contributed by atoms with E-state index in [0.29, 0.717) is 17.0 Å². The lowest BCUT2D eigenvalue weighted by molar-refractivity contribution is 0.0755. The monoisotopic (exact) mass is 366 g/mol. The Labute approximate surface area is 162 Å². The van der Waals surface area contributed by atoms with Crippen LogP contribution in [0.4, 0.5) is 5.69 Å². The van der Waals surface area contributed by atoms with Crippen LogP contribution in [0.5, 0.6) is 0 Å². The molecular weight excluding hydrogens is 336 g/mol. The first kappa shape index (κ1) is 20.7. The van der Waals surface area contributed by atoms with Crippen LogP contribution in [-0.4, -0.2) is 29.8 Å². The van der Waals surface area contributed by atoms with E-state index in [-0.39, 0.29) is 11.8 Å². The fraction of sp³-hybridized carbons (Fsp3) is 0.391. The molecule has 4 nitrogen and oxygen atoms in total. The Balaban J connectivity index is 2.22. The molecule has 27 heavy (non-hydrogen) atoms. The third-order valence-corrected chi connectivity index (χ3v) is 4.48. The zero-order chi connectivity index (χ0) is 19.8. The van der Waals surface area contributed by atoms with Crippen LogP contribution in [-0.2, 0) is 0 Å². The molecule has 4 heteroatoms. The minimum absolute atomic E-state index is 0.0177. The molecule has 0 bridgehead atoms. The van der Waals surface area contributed by atoms with Crippen molar-refractivity contribution >= 4 is 17.5 Å². The molecule has 144 valence electrons. The van der Waals surface area contributed by atoms with Gasteiger partial charge in [0.1, 0.15) is 0 Å². The molecule has 0 heterocycles. The van der Waals surface area contributed by atoms with Gasteiger partial charge in [-0.1, -0.05) is 52.0 Å². The van der Waals surface area contributed by atoms with Gasteiger partial charge >= 0.3 is 0 Å². The van der Waals surface area contributed by atoms with Crippen LogP contribution in [0.3, 0.4) is 0 Å². The number of nitrogens with zero attached hydrogens (tertiary/aromatic N) is 1. The quantitative estimate of drug-likeness (QED) is 0.687. The van der Waals surface area contributed by atoms with Gasteiger partial charge < -0.3 is 10.2 Å². The van der Waals surface area contributed by atoms with Crippen LogP contribution in [0.2, 0.25) is 0 Å². The minimum Gasteiger partial charge on any atom is -0.339 e. The first-order valence-corrected chi connectivity index (χ1v) is 9.77. The standard InChI is InChI=1S/C23H30N2O2/c1-5-14-25(15-6-2)23(27)19-11-9-10-18(16-19)22(26)24-21-13-8-7-12-20(21)17(3)4/h7-13,16-17H,5-6,14-15H2,1-4H3,(H,24,26). The molecule has 0 aliphatic rings. The maximum atomic E-state index is 12.8. The summed E-state index contributed by atoms with van der Waals surface area (Å²) in [5.74, 6) is 0.0947. The molecule has 0 unspecified atom stereocenters. The number of anilines is 1. The van der Waals surface area contributed by atoms with E-state index in [2.05, 4.69) is 33.0 Å². The number of nitrogens with one attached hydrogen (secondary N) is 1. The van der Waals surface area contributed by atoms with Gasteiger partial charge in [-0.05, 0) is 48.6 Å². The van der Waals surface area contributed by atoms with Crippen molar-refractivity contribution in [2.45, 2.75) is 46.5 Å². The van der Waals surface area contributed by atoms with E-state index in [1.807, 2.05) is 29.2 Å². The maximum absolute atomic E-state index is 12.8. The molecule has 0 aliphatic heterocycles. The summed E-state index contributed by atoms with van der Waals surface area (Å²) < 4.78 is 0. The average molecular weight is 367 g/mol. The molecule has 2 aromatic rings. The van der Waals surface area contributed by atoms with Crippen molar-refractivity contribution in [3.05, 3.63) is 65.2 Å². The fourth-order valence-corrected chi connectivity index (χ4v) is 3.14. The highest BCUT2D eigenvalue weighted by Gasteiger charge is 2.17. The third kappa shape index (κ3) is 5.43. The van der Waals surface area contributed by atoms with Crippen LogP contribution in [0.1, 0.15) is 72.7 Å². The Bertz CT molecular complexity index is 777. The van der Waals surface area contributed by atoms with Gasteiger partial charge in [0.25, 0.3) is 11.8 Å². The average Bonchev–Trinajstić information content (AvgIpc) is 2.67. The third-order valence-electron chi connectivity index (χ3n) is 4.48. The van der Waals surface area contributed by atoms with E-state index in [9.17, 15) is 9.59 Å². The van der Waals surface area contributed by atoms with Gasteiger partial charge in [-0.15, -0.1) is 0 Å². The summed E-state index contributed by atoms with van der Waals surface area (Å²) in [7, 11) is 0. The highest BCUT2D eigenvalue weighted by Crippen LogP contribution is 2.24. The van der Waals surface area contributed by atoms with Gasteiger partial charge in [-0.3, -0.25) is 9.59 Å². The first-order valence-electron chi connectivity index (χ1n) is 9.77. The fourth-order valence-electron chi connectivity index (χ4n) is 3.14. The van der Waals surface area contributed by atoms with E-state index >= 15 is 0 Å². The smallest absolute Gasteiger partial charge is 0.255 e. The largest absolute Gasteiger partial charge is 0.339 e. The van der Waals surface area contributed by atoms with Crippen molar-refractivity contribution in [1.29, 1.82) is 0 Å². The van der Waals surface area contributed by atoms with Crippen molar-refractivity contribution in [2.24, 2.45) is 0 Å². The van der Waals surface area contributed by atoms with E-state index in [4.69, 9.17) is 0 Å². The molecule has 0 saturated heterocycles. The highest BCUT2D eigenvalue weighted by atomic mass is 16.2. The normalized spacial score (nSPS) is 10.7. The Hall–Kier alpha value is -2.62. The topological polar surface area (TPSA) is 49.4 Å². The molecule has 2 amide bonds. The number of hydrogen-bond acceptors (Lipinski definition) is 2. The van der Waals surface area contributed by atoms with Crippen LogP contribution < -0.4 is 5.32 Å². The predicted octanol–water partition coefficient (Wildman–Crippen LogP) is 5.32. The molecule has 2 aromatic carbocycles. The Morgan fingerprint density at radius 1 is 0.926 bits per heavy atom. The number of carbonyl (C=O) groups is 2. The van der Waals surface area contributed by atoms with Gasteiger partial charge in [0, 0.05) is 29.9 Å². The van der Waals surface area contributed by atoms with E-state index in [1.54, 1.807) is 24.3 Å². The SMILES string of the molecule is CCCN(CCC)C(=O)c1cccc(C(=O)Nc2ccccc2C(C)C)c1. The number of benzene rings is 2. The zero-order valence-electron chi connectivity index (χ0n) is 16.8. The zero-order valence-corrected chi connectivity index (χ0v) is 16.8. The van der Waals surface area contributed by atoms with Gasteiger partial charge in [0.2, 0.25) is 0 Å². The molecule has 0 saturated carbocycles. The summed E-state index contributed by atoms with van der Waals surface area (Å²) in [5.41, 5.74) is 2.96. The Kier molecular flexibility index (Phi) is 7.59. The lowest BCUT2D eigenvalue weighted by Crippen LogP contribution is -2.32. The molecule has 0 spiro atoms. The number of para-hydroxylation sites is 1. The van der Waals surface area contributed by atoms with E-state index < -0.39 is 0 Å². The maximum Gasteiger partial charge on any atom is 0.255 e. The van der Waals surface area contributed by atoms with Gasteiger partial charge in [0.15, 0.2) is 0 Å². The van der Waals surface area contributed by atoms with E-state index in [1.165, 1.54) is 0 Å². The molecule has 2 rings (SSSR count). The van der Waals surface area contributed by atoms with Gasteiger partial charge in [0.05, 0.1) is 0 Å². The molecule has 0 aromatic heterocycles. The van der Waals surface area contributed by atoms with Crippen LogP contribution in [0, 0.1) is 0 Å². The van der Waals surface area contributed by atoms with Crippen LogP contribution in [0.25, 0.3) is 0 Å². The second-order valence-corrected chi connectivity index (χ2v) is 7.07. The van der Waals surface area contributed by atoms with Gasteiger partial charge in [-0.25, -0.2) is 0 Å². The van der Waals surface area contributed by atoms with Crippen molar-refractivity contribution in [2.75, 3.05) is 18.4 Å². The Morgan fingerprint density at radius 3 is 2.19 bits per heavy atom. The summed E-state index contributed by atoms with van der Waals surface area (Å²) in [5, 5.41) is 2.99. The lowest BCUT2D eigenvalue weighted by Gasteiger charge is -2.21. The van der Waals surface area contributed by atoms with E-state index in [0.717, 1.165) is 37.2 Å². The second-order valence-electron chi connectivity index (χ2n) is 7.07. The summed E-state index contributed by atoms with van der Waals surface area (Å²) in [6.45, 7) is 9.77.